The van der Waals surface area contributed by atoms with E-state index in [0.29, 0.717) is 22.2 Å². The second-order valence-corrected chi connectivity index (χ2v) is 8.25. The maximum Gasteiger partial charge on any atom is 0.239 e. The summed E-state index contributed by atoms with van der Waals surface area (Å²) in [5, 5.41) is 3.34. The molecule has 1 N–H and O–H groups in total. The molecule has 130 valence electrons. The highest BCUT2D eigenvalue weighted by Gasteiger charge is 2.20. The van der Waals surface area contributed by atoms with Crippen molar-refractivity contribution in [3.63, 3.8) is 0 Å². The molecule has 0 aliphatic heterocycles. The normalized spacial score (nSPS) is 12.0. The molecule has 1 aromatic rings. The highest BCUT2D eigenvalue weighted by Crippen LogP contribution is 2.25. The average molecular weight is 382 g/mol. The maximum absolute atomic E-state index is 12.1. The van der Waals surface area contributed by atoms with E-state index in [1.54, 1.807) is 12.1 Å². The number of benzene rings is 1. The van der Waals surface area contributed by atoms with E-state index >= 15 is 0 Å². The minimum Gasteiger partial charge on any atom is -0.324 e. The fraction of sp³-hybridized carbons (Fsp3) is 0.500. The van der Waals surface area contributed by atoms with Crippen LogP contribution in [0.15, 0.2) is 18.2 Å². The summed E-state index contributed by atoms with van der Waals surface area (Å²) in [5.74, 6) is -0.454. The van der Waals surface area contributed by atoms with Crippen LogP contribution in [0.25, 0.3) is 0 Å². The van der Waals surface area contributed by atoms with Gasteiger partial charge in [-0.15, -0.1) is 0 Å². The number of amides is 1. The van der Waals surface area contributed by atoms with Crippen LogP contribution in [0.4, 0.5) is 5.69 Å². The van der Waals surface area contributed by atoms with Crippen LogP contribution in [0, 0.1) is 0 Å². The minimum atomic E-state index is -3.47. The van der Waals surface area contributed by atoms with Gasteiger partial charge in [0.15, 0.2) is 0 Å². The second kappa shape index (κ2) is 8.84. The first kappa shape index (κ1) is 20.2. The Morgan fingerprint density at radius 2 is 1.87 bits per heavy atom. The van der Waals surface area contributed by atoms with Gasteiger partial charge in [0.1, 0.15) is 0 Å². The van der Waals surface area contributed by atoms with E-state index in [-0.39, 0.29) is 13.1 Å². The molecule has 0 aliphatic rings. The Balaban J connectivity index is 2.69. The summed E-state index contributed by atoms with van der Waals surface area (Å²) in [6, 6.07) is 4.66. The first-order valence-corrected chi connectivity index (χ1v) is 9.55. The van der Waals surface area contributed by atoms with Crippen LogP contribution in [0.1, 0.15) is 6.42 Å². The standard InChI is InChI=1S/C14H21Cl2N3O3S/c1-18(2)7-4-8-19(23(3,21)22)10-14(20)17-13-6-5-11(15)9-12(13)16/h5-6,9H,4,7-8,10H2,1-3H3,(H,17,20). The highest BCUT2D eigenvalue weighted by atomic mass is 35.5. The van der Waals surface area contributed by atoms with Crippen LogP contribution in [0.5, 0.6) is 0 Å². The van der Waals surface area contributed by atoms with Gasteiger partial charge in [0.2, 0.25) is 15.9 Å². The Kier molecular flexibility index (Phi) is 7.76. The Labute approximate surface area is 147 Å². The molecule has 9 heteroatoms. The third kappa shape index (κ3) is 7.50. The topological polar surface area (TPSA) is 69.7 Å². The molecule has 0 radical (unpaired) electrons. The highest BCUT2D eigenvalue weighted by molar-refractivity contribution is 7.88. The predicted molar refractivity (Wildman–Crippen MR) is 94.7 cm³/mol. The first-order valence-electron chi connectivity index (χ1n) is 6.94. The van der Waals surface area contributed by atoms with Gasteiger partial charge in [-0.05, 0) is 45.3 Å². The fourth-order valence-electron chi connectivity index (χ4n) is 1.87. The van der Waals surface area contributed by atoms with E-state index in [4.69, 9.17) is 23.2 Å². The molecule has 1 aromatic carbocycles. The van der Waals surface area contributed by atoms with E-state index in [1.165, 1.54) is 6.07 Å². The van der Waals surface area contributed by atoms with E-state index in [9.17, 15) is 13.2 Å². The lowest BCUT2D eigenvalue weighted by atomic mass is 10.3. The largest absolute Gasteiger partial charge is 0.324 e. The summed E-state index contributed by atoms with van der Waals surface area (Å²) in [4.78, 5) is 14.0. The third-order valence-electron chi connectivity index (χ3n) is 3.01. The van der Waals surface area contributed by atoms with Gasteiger partial charge in [-0.3, -0.25) is 4.79 Å². The second-order valence-electron chi connectivity index (χ2n) is 5.43. The van der Waals surface area contributed by atoms with Gasteiger partial charge in [-0.1, -0.05) is 23.2 Å². The molecule has 0 fully saturated rings. The minimum absolute atomic E-state index is 0.259. The molecule has 0 unspecified atom stereocenters. The van der Waals surface area contributed by atoms with Crippen molar-refractivity contribution in [2.45, 2.75) is 6.42 Å². The molecule has 6 nitrogen and oxygen atoms in total. The van der Waals surface area contributed by atoms with Crippen LogP contribution in [0.2, 0.25) is 10.0 Å². The lowest BCUT2D eigenvalue weighted by Gasteiger charge is -2.20. The molecule has 0 aliphatic carbocycles. The zero-order chi connectivity index (χ0) is 17.6. The molecule has 0 spiro atoms. The van der Waals surface area contributed by atoms with E-state index in [0.717, 1.165) is 17.1 Å². The van der Waals surface area contributed by atoms with Gasteiger partial charge in [0.05, 0.1) is 23.5 Å². The molecular formula is C14H21Cl2N3O3S. The number of rotatable bonds is 8. The Morgan fingerprint density at radius 1 is 1.22 bits per heavy atom. The predicted octanol–water partition coefficient (Wildman–Crippen LogP) is 2.15. The zero-order valence-electron chi connectivity index (χ0n) is 13.3. The Hall–Kier alpha value is -0.860. The van der Waals surface area contributed by atoms with Crippen molar-refractivity contribution in [2.75, 3.05) is 45.3 Å². The summed E-state index contributed by atoms with van der Waals surface area (Å²) in [5.41, 5.74) is 0.391. The number of nitrogens with one attached hydrogen (secondary N) is 1. The maximum atomic E-state index is 12.1. The smallest absolute Gasteiger partial charge is 0.239 e. The van der Waals surface area contributed by atoms with E-state index in [1.807, 2.05) is 19.0 Å². The van der Waals surface area contributed by atoms with Crippen molar-refractivity contribution in [3.05, 3.63) is 28.2 Å². The number of sulfonamides is 1. The summed E-state index contributed by atoms with van der Waals surface area (Å²) in [6.07, 6.45) is 1.72. The average Bonchev–Trinajstić information content (AvgIpc) is 2.39. The van der Waals surface area contributed by atoms with E-state index in [2.05, 4.69) is 5.32 Å². The van der Waals surface area contributed by atoms with Crippen molar-refractivity contribution < 1.29 is 13.2 Å². The molecular weight excluding hydrogens is 361 g/mol. The Bertz CT molecular complexity index is 651. The van der Waals surface area contributed by atoms with Gasteiger partial charge in [-0.2, -0.15) is 4.31 Å². The molecule has 0 heterocycles. The first-order chi connectivity index (χ1) is 10.6. The van der Waals surface area contributed by atoms with Crippen LogP contribution in [-0.2, 0) is 14.8 Å². The van der Waals surface area contributed by atoms with Crippen molar-refractivity contribution in [2.24, 2.45) is 0 Å². The van der Waals surface area contributed by atoms with Crippen molar-refractivity contribution in [1.29, 1.82) is 0 Å². The number of nitrogens with zero attached hydrogens (tertiary/aromatic N) is 2. The molecule has 1 amide bonds. The summed E-state index contributed by atoms with van der Waals surface area (Å²) in [7, 11) is 0.338. The van der Waals surface area contributed by atoms with Crippen LogP contribution < -0.4 is 5.32 Å². The van der Waals surface area contributed by atoms with E-state index < -0.39 is 15.9 Å². The quantitative estimate of drug-likeness (QED) is 0.748. The third-order valence-corrected chi connectivity index (χ3v) is 4.80. The molecule has 0 atom stereocenters. The van der Waals surface area contributed by atoms with Crippen LogP contribution in [-0.4, -0.2) is 63.5 Å². The van der Waals surface area contributed by atoms with Gasteiger partial charge < -0.3 is 10.2 Å². The van der Waals surface area contributed by atoms with Gasteiger partial charge in [0, 0.05) is 11.6 Å². The summed E-state index contributed by atoms with van der Waals surface area (Å²) >= 11 is 11.8. The van der Waals surface area contributed by atoms with Crippen molar-refractivity contribution in [3.8, 4) is 0 Å². The van der Waals surface area contributed by atoms with Crippen molar-refractivity contribution >= 4 is 44.8 Å². The number of hydrogen-bond acceptors (Lipinski definition) is 4. The molecule has 0 saturated heterocycles. The van der Waals surface area contributed by atoms with Gasteiger partial charge >= 0.3 is 0 Å². The van der Waals surface area contributed by atoms with Crippen molar-refractivity contribution in [1.82, 2.24) is 9.21 Å². The zero-order valence-corrected chi connectivity index (χ0v) is 15.7. The molecule has 0 bridgehead atoms. The fourth-order valence-corrected chi connectivity index (χ4v) is 3.13. The monoisotopic (exact) mass is 381 g/mol. The SMILES string of the molecule is CN(C)CCCN(CC(=O)Nc1ccc(Cl)cc1Cl)S(C)(=O)=O. The number of hydrogen-bond donors (Lipinski definition) is 1. The number of halogens is 2. The lowest BCUT2D eigenvalue weighted by Crippen LogP contribution is -2.38. The number of anilines is 1. The number of carbonyl (C=O) groups is 1. The molecule has 0 aromatic heterocycles. The van der Waals surface area contributed by atoms with Crippen LogP contribution in [0.3, 0.4) is 0 Å². The molecule has 0 saturated carbocycles. The Morgan fingerprint density at radius 3 is 2.39 bits per heavy atom. The molecule has 1 rings (SSSR count). The summed E-state index contributed by atoms with van der Waals surface area (Å²) in [6.45, 7) is 0.751. The van der Waals surface area contributed by atoms with Gasteiger partial charge in [0.25, 0.3) is 0 Å². The molecule has 23 heavy (non-hydrogen) atoms. The summed E-state index contributed by atoms with van der Waals surface area (Å²) < 4.78 is 24.7. The lowest BCUT2D eigenvalue weighted by molar-refractivity contribution is -0.116. The van der Waals surface area contributed by atoms with Gasteiger partial charge in [-0.25, -0.2) is 8.42 Å². The number of carbonyl (C=O) groups excluding carboxylic acids is 1. The van der Waals surface area contributed by atoms with Crippen LogP contribution >= 0.6 is 23.2 Å².